The van der Waals surface area contributed by atoms with E-state index < -0.39 is 6.10 Å². The number of aliphatic hydroxyl groups is 1. The Morgan fingerprint density at radius 2 is 2.08 bits per heavy atom. The molecule has 0 bridgehead atoms. The van der Waals surface area contributed by atoms with Crippen molar-refractivity contribution in [1.82, 2.24) is 19.6 Å². The van der Waals surface area contributed by atoms with Gasteiger partial charge in [-0.25, -0.2) is 9.37 Å². The second kappa shape index (κ2) is 6.40. The molecule has 1 aromatic carbocycles. The highest BCUT2D eigenvalue weighted by molar-refractivity contribution is 5.49. The van der Waals surface area contributed by atoms with Crippen molar-refractivity contribution in [2.75, 3.05) is 11.4 Å². The minimum atomic E-state index is -0.710. The fourth-order valence-corrected chi connectivity index (χ4v) is 3.02. The number of nitrogens with zero attached hydrogens (tertiary/aromatic N) is 5. The van der Waals surface area contributed by atoms with Gasteiger partial charge in [0.15, 0.2) is 0 Å². The number of fused-ring (bicyclic) bond motifs is 1. The standard InChI is InChI=1S/C18H20FN5O/c1-2-14-9-17(24-18(22-14)20-11-21-24)23(15-7-8-15)10-16(25)12-3-5-13(19)6-4-12/h3-6,9,11,15-16,25H,2,7-8,10H2,1H3. The van der Waals surface area contributed by atoms with Gasteiger partial charge in [-0.3, -0.25) is 0 Å². The van der Waals surface area contributed by atoms with Crippen molar-refractivity contribution in [3.05, 3.63) is 53.7 Å². The molecule has 0 aliphatic heterocycles. The number of aryl methyl sites for hydroxylation is 1. The van der Waals surface area contributed by atoms with Crippen molar-refractivity contribution < 1.29 is 9.50 Å². The summed E-state index contributed by atoms with van der Waals surface area (Å²) in [6.07, 6.45) is 3.74. The van der Waals surface area contributed by atoms with Gasteiger partial charge in [-0.15, -0.1) is 0 Å². The molecule has 1 atom stereocenters. The third-order valence-corrected chi connectivity index (χ3v) is 4.55. The van der Waals surface area contributed by atoms with Crippen LogP contribution in [-0.4, -0.2) is 37.3 Å². The Hall–Kier alpha value is -2.54. The lowest BCUT2D eigenvalue weighted by Crippen LogP contribution is -2.32. The van der Waals surface area contributed by atoms with E-state index in [0.29, 0.717) is 23.9 Å². The number of aromatic nitrogens is 4. The molecule has 2 aromatic heterocycles. The van der Waals surface area contributed by atoms with Crippen LogP contribution in [0.2, 0.25) is 0 Å². The quantitative estimate of drug-likeness (QED) is 0.746. The van der Waals surface area contributed by atoms with E-state index in [9.17, 15) is 9.50 Å². The average Bonchev–Trinajstić information content (AvgIpc) is 3.36. The molecule has 130 valence electrons. The Balaban J connectivity index is 1.68. The maximum absolute atomic E-state index is 13.1. The van der Waals surface area contributed by atoms with Crippen LogP contribution in [0.3, 0.4) is 0 Å². The zero-order chi connectivity index (χ0) is 17.4. The van der Waals surface area contributed by atoms with Crippen LogP contribution in [0.15, 0.2) is 36.7 Å². The van der Waals surface area contributed by atoms with E-state index >= 15 is 0 Å². The zero-order valence-electron chi connectivity index (χ0n) is 14.0. The topological polar surface area (TPSA) is 66.5 Å². The van der Waals surface area contributed by atoms with Gasteiger partial charge >= 0.3 is 0 Å². The van der Waals surface area contributed by atoms with Crippen molar-refractivity contribution >= 4 is 11.6 Å². The van der Waals surface area contributed by atoms with Crippen LogP contribution in [0.5, 0.6) is 0 Å². The highest BCUT2D eigenvalue weighted by atomic mass is 19.1. The summed E-state index contributed by atoms with van der Waals surface area (Å²) in [7, 11) is 0. The van der Waals surface area contributed by atoms with Crippen LogP contribution in [0.25, 0.3) is 5.78 Å². The van der Waals surface area contributed by atoms with E-state index in [2.05, 4.69) is 20.0 Å². The SMILES string of the molecule is CCc1cc(N(CC(O)c2ccc(F)cc2)C2CC2)n2ncnc2n1. The molecule has 4 rings (SSSR count). The van der Waals surface area contributed by atoms with Crippen LogP contribution >= 0.6 is 0 Å². The van der Waals surface area contributed by atoms with Gasteiger partial charge in [0, 0.05) is 24.3 Å². The third-order valence-electron chi connectivity index (χ3n) is 4.55. The van der Waals surface area contributed by atoms with Gasteiger partial charge in [0.2, 0.25) is 0 Å². The van der Waals surface area contributed by atoms with E-state index in [1.165, 1.54) is 18.5 Å². The first-order valence-corrected chi connectivity index (χ1v) is 8.55. The highest BCUT2D eigenvalue weighted by Crippen LogP contribution is 2.33. The molecule has 1 aliphatic rings. The molecular formula is C18H20FN5O. The first-order chi connectivity index (χ1) is 12.2. The molecule has 2 heterocycles. The van der Waals surface area contributed by atoms with Gasteiger partial charge in [-0.05, 0) is 37.0 Å². The lowest BCUT2D eigenvalue weighted by molar-refractivity contribution is 0.182. The lowest BCUT2D eigenvalue weighted by Gasteiger charge is -2.27. The summed E-state index contributed by atoms with van der Waals surface area (Å²) in [5.74, 6) is 1.15. The second-order valence-electron chi connectivity index (χ2n) is 6.38. The number of anilines is 1. The summed E-state index contributed by atoms with van der Waals surface area (Å²) in [6, 6.07) is 8.38. The highest BCUT2D eigenvalue weighted by Gasteiger charge is 2.32. The minimum absolute atomic E-state index is 0.305. The Kier molecular flexibility index (Phi) is 4.09. The number of hydrogen-bond acceptors (Lipinski definition) is 5. The molecule has 0 spiro atoms. The third kappa shape index (κ3) is 3.19. The molecule has 1 fully saturated rings. The van der Waals surface area contributed by atoms with Crippen LogP contribution < -0.4 is 4.90 Å². The fourth-order valence-electron chi connectivity index (χ4n) is 3.02. The minimum Gasteiger partial charge on any atom is -0.387 e. The molecular weight excluding hydrogens is 321 g/mol. The molecule has 3 aromatic rings. The zero-order valence-corrected chi connectivity index (χ0v) is 14.0. The van der Waals surface area contributed by atoms with Gasteiger partial charge < -0.3 is 10.0 Å². The summed E-state index contributed by atoms with van der Waals surface area (Å²) in [5.41, 5.74) is 1.64. The van der Waals surface area contributed by atoms with Gasteiger partial charge in [0.05, 0.1) is 6.10 Å². The Bertz CT molecular complexity index is 875. The van der Waals surface area contributed by atoms with Crippen LogP contribution in [0.1, 0.15) is 37.1 Å². The van der Waals surface area contributed by atoms with Gasteiger partial charge in [0.25, 0.3) is 5.78 Å². The monoisotopic (exact) mass is 341 g/mol. The normalized spacial score (nSPS) is 15.5. The molecule has 6 nitrogen and oxygen atoms in total. The van der Waals surface area contributed by atoms with Gasteiger partial charge in [-0.1, -0.05) is 19.1 Å². The average molecular weight is 341 g/mol. The summed E-state index contributed by atoms with van der Waals surface area (Å²) in [4.78, 5) is 10.9. The Morgan fingerprint density at radius 3 is 2.76 bits per heavy atom. The molecule has 1 N–H and O–H groups in total. The maximum atomic E-state index is 13.1. The largest absolute Gasteiger partial charge is 0.387 e. The maximum Gasteiger partial charge on any atom is 0.254 e. The molecule has 0 radical (unpaired) electrons. The van der Waals surface area contributed by atoms with Crippen molar-refractivity contribution in [1.29, 1.82) is 0 Å². The van der Waals surface area contributed by atoms with Gasteiger partial charge in [-0.2, -0.15) is 14.6 Å². The molecule has 1 saturated carbocycles. The molecule has 0 saturated heterocycles. The summed E-state index contributed by atoms with van der Waals surface area (Å²) >= 11 is 0. The smallest absolute Gasteiger partial charge is 0.254 e. The Morgan fingerprint density at radius 1 is 1.32 bits per heavy atom. The van der Waals surface area contributed by atoms with Crippen molar-refractivity contribution in [3.8, 4) is 0 Å². The number of aliphatic hydroxyl groups excluding tert-OH is 1. The molecule has 7 heteroatoms. The van der Waals surface area contributed by atoms with E-state index in [-0.39, 0.29) is 5.82 Å². The first kappa shape index (κ1) is 16.0. The fraction of sp³-hybridized carbons (Fsp3) is 0.389. The van der Waals surface area contributed by atoms with Crippen LogP contribution in [0, 0.1) is 5.82 Å². The van der Waals surface area contributed by atoms with Crippen LogP contribution in [0.4, 0.5) is 10.2 Å². The molecule has 1 aliphatic carbocycles. The van der Waals surface area contributed by atoms with Crippen molar-refractivity contribution in [3.63, 3.8) is 0 Å². The molecule has 1 unspecified atom stereocenters. The van der Waals surface area contributed by atoms with Crippen LogP contribution in [-0.2, 0) is 6.42 Å². The predicted octanol–water partition coefficient (Wildman–Crippen LogP) is 2.53. The van der Waals surface area contributed by atoms with E-state index in [1.807, 2.05) is 13.0 Å². The Labute approximate surface area is 145 Å². The predicted molar refractivity (Wildman–Crippen MR) is 91.9 cm³/mol. The van der Waals surface area contributed by atoms with E-state index in [0.717, 1.165) is 30.8 Å². The second-order valence-corrected chi connectivity index (χ2v) is 6.38. The van der Waals surface area contributed by atoms with E-state index in [4.69, 9.17) is 0 Å². The summed E-state index contributed by atoms with van der Waals surface area (Å²) in [6.45, 7) is 2.46. The lowest BCUT2D eigenvalue weighted by atomic mass is 10.1. The molecule has 0 amide bonds. The number of hydrogen-bond donors (Lipinski definition) is 1. The first-order valence-electron chi connectivity index (χ1n) is 8.55. The number of halogens is 1. The van der Waals surface area contributed by atoms with Gasteiger partial charge in [0.1, 0.15) is 18.0 Å². The van der Waals surface area contributed by atoms with Crippen molar-refractivity contribution in [2.45, 2.75) is 38.3 Å². The van der Waals surface area contributed by atoms with E-state index in [1.54, 1.807) is 16.6 Å². The molecule has 25 heavy (non-hydrogen) atoms. The summed E-state index contributed by atoms with van der Waals surface area (Å²) in [5, 5.41) is 14.9. The number of benzene rings is 1. The summed E-state index contributed by atoms with van der Waals surface area (Å²) < 4.78 is 14.8. The van der Waals surface area contributed by atoms with Crippen molar-refractivity contribution in [2.24, 2.45) is 0 Å². The number of rotatable bonds is 6.